The second-order valence-corrected chi connectivity index (χ2v) is 8.53. The molecule has 0 aliphatic heterocycles. The fourth-order valence-electron chi connectivity index (χ4n) is 3.58. The molecule has 1 aromatic heterocycles. The van der Waals surface area contributed by atoms with Gasteiger partial charge in [0.25, 0.3) is 11.8 Å². The fourth-order valence-corrected chi connectivity index (χ4v) is 5.08. The molecule has 1 aliphatic rings. The molecule has 0 saturated heterocycles. The second kappa shape index (κ2) is 8.80. The van der Waals surface area contributed by atoms with Crippen LogP contribution in [0.15, 0.2) is 54.6 Å². The third-order valence-electron chi connectivity index (χ3n) is 5.04. The number of thiophene rings is 1. The Morgan fingerprint density at radius 2 is 1.66 bits per heavy atom. The highest BCUT2D eigenvalue weighted by Crippen LogP contribution is 2.38. The number of carbonyl (C=O) groups excluding carboxylic acids is 2. The first-order valence-electron chi connectivity index (χ1n) is 9.66. The lowest BCUT2D eigenvalue weighted by atomic mass is 9.95. The molecule has 148 valence electrons. The summed E-state index contributed by atoms with van der Waals surface area (Å²) in [5.74, 6) is -0.450. The summed E-state index contributed by atoms with van der Waals surface area (Å²) < 4.78 is 0. The van der Waals surface area contributed by atoms with Crippen molar-refractivity contribution in [3.8, 4) is 0 Å². The van der Waals surface area contributed by atoms with Gasteiger partial charge in [0.2, 0.25) is 0 Å². The van der Waals surface area contributed by atoms with Crippen molar-refractivity contribution in [1.82, 2.24) is 5.32 Å². The largest absolute Gasteiger partial charge is 0.348 e. The number of benzene rings is 2. The zero-order chi connectivity index (χ0) is 20.2. The van der Waals surface area contributed by atoms with Crippen molar-refractivity contribution in [3.63, 3.8) is 0 Å². The molecule has 4 rings (SSSR count). The lowest BCUT2D eigenvalue weighted by molar-refractivity contribution is 0.0951. The van der Waals surface area contributed by atoms with Crippen LogP contribution in [0, 0.1) is 0 Å². The number of nitrogens with one attached hydrogen (secondary N) is 2. The maximum atomic E-state index is 13.1. The topological polar surface area (TPSA) is 58.2 Å². The van der Waals surface area contributed by atoms with Crippen molar-refractivity contribution in [2.45, 2.75) is 32.2 Å². The molecule has 3 aromatic rings. The molecular formula is C23H21ClN2O2S. The van der Waals surface area contributed by atoms with Crippen molar-refractivity contribution in [2.75, 3.05) is 5.32 Å². The van der Waals surface area contributed by atoms with E-state index in [0.717, 1.165) is 36.8 Å². The minimum atomic E-state index is -0.300. The van der Waals surface area contributed by atoms with Crippen LogP contribution < -0.4 is 10.6 Å². The third kappa shape index (κ3) is 4.36. The first-order chi connectivity index (χ1) is 14.1. The highest BCUT2D eigenvalue weighted by molar-refractivity contribution is 7.17. The van der Waals surface area contributed by atoms with Crippen molar-refractivity contribution < 1.29 is 9.59 Å². The lowest BCUT2D eigenvalue weighted by Gasteiger charge is -2.13. The third-order valence-corrected chi connectivity index (χ3v) is 6.58. The number of amides is 2. The summed E-state index contributed by atoms with van der Waals surface area (Å²) in [6.45, 7) is 0.447. The Hall–Kier alpha value is -2.63. The van der Waals surface area contributed by atoms with Crippen molar-refractivity contribution in [3.05, 3.63) is 86.8 Å². The van der Waals surface area contributed by atoms with Crippen LogP contribution in [0.2, 0.25) is 5.02 Å². The van der Waals surface area contributed by atoms with Gasteiger partial charge in [-0.25, -0.2) is 0 Å². The van der Waals surface area contributed by atoms with Crippen LogP contribution in [-0.4, -0.2) is 11.8 Å². The van der Waals surface area contributed by atoms with Crippen LogP contribution in [0.25, 0.3) is 0 Å². The molecule has 0 atom stereocenters. The predicted octanol–water partition coefficient (Wildman–Crippen LogP) is 5.46. The van der Waals surface area contributed by atoms with Crippen molar-refractivity contribution in [2.24, 2.45) is 0 Å². The minimum absolute atomic E-state index is 0.150. The Morgan fingerprint density at radius 1 is 0.931 bits per heavy atom. The van der Waals surface area contributed by atoms with Gasteiger partial charge in [0.05, 0.1) is 16.1 Å². The maximum Gasteiger partial charge on any atom is 0.257 e. The number of hydrogen-bond donors (Lipinski definition) is 2. The monoisotopic (exact) mass is 424 g/mol. The van der Waals surface area contributed by atoms with Gasteiger partial charge in [-0.3, -0.25) is 9.59 Å². The molecule has 1 aliphatic carbocycles. The van der Waals surface area contributed by atoms with Gasteiger partial charge in [-0.05, 0) is 48.9 Å². The number of hydrogen-bond acceptors (Lipinski definition) is 3. The quantitative estimate of drug-likeness (QED) is 0.571. The molecule has 2 aromatic carbocycles. The van der Waals surface area contributed by atoms with Crippen LogP contribution >= 0.6 is 22.9 Å². The molecule has 0 saturated carbocycles. The van der Waals surface area contributed by atoms with Crippen LogP contribution in [0.3, 0.4) is 0 Å². The van der Waals surface area contributed by atoms with Gasteiger partial charge < -0.3 is 10.6 Å². The molecule has 0 bridgehead atoms. The summed E-state index contributed by atoms with van der Waals surface area (Å²) in [5.41, 5.74) is 3.10. The smallest absolute Gasteiger partial charge is 0.257 e. The normalized spacial score (nSPS) is 12.9. The number of rotatable bonds is 5. The van der Waals surface area contributed by atoms with E-state index in [1.54, 1.807) is 24.3 Å². The highest BCUT2D eigenvalue weighted by Gasteiger charge is 2.26. The SMILES string of the molecule is O=C(Nc1sc2c(c1C(=O)NCc1ccccc1)CCCC2)c1ccccc1Cl. The minimum Gasteiger partial charge on any atom is -0.348 e. The zero-order valence-electron chi connectivity index (χ0n) is 15.8. The van der Waals surface area contributed by atoms with Crippen molar-refractivity contribution >= 4 is 39.8 Å². The van der Waals surface area contributed by atoms with Gasteiger partial charge in [-0.15, -0.1) is 11.3 Å². The number of anilines is 1. The first kappa shape index (κ1) is 19.7. The van der Waals surface area contributed by atoms with Gasteiger partial charge >= 0.3 is 0 Å². The van der Waals surface area contributed by atoms with E-state index in [-0.39, 0.29) is 11.8 Å². The van der Waals surface area contributed by atoms with Gasteiger partial charge in [0, 0.05) is 11.4 Å². The molecule has 1 heterocycles. The number of carbonyl (C=O) groups is 2. The Kier molecular flexibility index (Phi) is 5.97. The molecule has 0 radical (unpaired) electrons. The lowest BCUT2D eigenvalue weighted by Crippen LogP contribution is -2.25. The van der Waals surface area contributed by atoms with E-state index in [4.69, 9.17) is 11.6 Å². The molecular weight excluding hydrogens is 404 g/mol. The molecule has 0 fully saturated rings. The molecule has 0 spiro atoms. The summed E-state index contributed by atoms with van der Waals surface area (Å²) in [5, 5.41) is 6.94. The van der Waals surface area contributed by atoms with E-state index in [2.05, 4.69) is 10.6 Å². The van der Waals surface area contributed by atoms with Gasteiger partial charge in [-0.2, -0.15) is 0 Å². The van der Waals surface area contributed by atoms with Crippen molar-refractivity contribution in [1.29, 1.82) is 0 Å². The average molecular weight is 425 g/mol. The maximum absolute atomic E-state index is 13.1. The summed E-state index contributed by atoms with van der Waals surface area (Å²) >= 11 is 7.67. The number of aryl methyl sites for hydroxylation is 1. The van der Waals surface area contributed by atoms with E-state index in [1.807, 2.05) is 30.3 Å². The van der Waals surface area contributed by atoms with Gasteiger partial charge in [-0.1, -0.05) is 54.1 Å². The Balaban J connectivity index is 1.60. The molecule has 6 heteroatoms. The van der Waals surface area contributed by atoms with E-state index in [0.29, 0.717) is 27.7 Å². The van der Waals surface area contributed by atoms with Gasteiger partial charge in [0.1, 0.15) is 5.00 Å². The second-order valence-electron chi connectivity index (χ2n) is 7.02. The van der Waals surface area contributed by atoms with E-state index in [9.17, 15) is 9.59 Å². The number of halogens is 1. The summed E-state index contributed by atoms with van der Waals surface area (Å²) in [6, 6.07) is 16.7. The van der Waals surface area contributed by atoms with Crippen LogP contribution in [0.4, 0.5) is 5.00 Å². The number of fused-ring (bicyclic) bond motifs is 1. The molecule has 2 amide bonds. The predicted molar refractivity (Wildman–Crippen MR) is 118 cm³/mol. The molecule has 2 N–H and O–H groups in total. The first-order valence-corrected chi connectivity index (χ1v) is 10.9. The zero-order valence-corrected chi connectivity index (χ0v) is 17.4. The van der Waals surface area contributed by atoms with Crippen LogP contribution in [0.1, 0.15) is 49.6 Å². The average Bonchev–Trinajstić information content (AvgIpc) is 3.11. The summed E-state index contributed by atoms with van der Waals surface area (Å²) in [6.07, 6.45) is 3.97. The summed E-state index contributed by atoms with van der Waals surface area (Å²) in [7, 11) is 0. The van der Waals surface area contributed by atoms with E-state index in [1.165, 1.54) is 16.2 Å². The fraction of sp³-hybridized carbons (Fsp3) is 0.217. The molecule has 4 nitrogen and oxygen atoms in total. The molecule has 29 heavy (non-hydrogen) atoms. The highest BCUT2D eigenvalue weighted by atomic mass is 35.5. The van der Waals surface area contributed by atoms with E-state index < -0.39 is 0 Å². The van der Waals surface area contributed by atoms with E-state index >= 15 is 0 Å². The van der Waals surface area contributed by atoms with Crippen LogP contribution in [0.5, 0.6) is 0 Å². The summed E-state index contributed by atoms with van der Waals surface area (Å²) in [4.78, 5) is 27.0. The Morgan fingerprint density at radius 3 is 2.45 bits per heavy atom. The standard InChI is InChI=1S/C23H21ClN2O2S/c24-18-12-6-4-10-16(18)21(27)26-23-20(17-11-5-7-13-19(17)29-23)22(28)25-14-15-8-2-1-3-9-15/h1-4,6,8-10,12H,5,7,11,13-14H2,(H,25,28)(H,26,27). The van der Waals surface area contributed by atoms with Gasteiger partial charge in [0.15, 0.2) is 0 Å². The molecule has 0 unspecified atom stereocenters. The van der Waals surface area contributed by atoms with Crippen LogP contribution in [-0.2, 0) is 19.4 Å². The Labute approximate surface area is 178 Å². The Bertz CT molecular complexity index is 1050.